The van der Waals surface area contributed by atoms with Crippen molar-refractivity contribution < 1.29 is 9.47 Å². The summed E-state index contributed by atoms with van der Waals surface area (Å²) in [5.41, 5.74) is 2.21. The summed E-state index contributed by atoms with van der Waals surface area (Å²) in [6, 6.07) is 16.2. The van der Waals surface area contributed by atoms with Gasteiger partial charge in [-0.3, -0.25) is 0 Å². The van der Waals surface area contributed by atoms with Crippen molar-refractivity contribution in [3.05, 3.63) is 54.1 Å². The number of para-hydroxylation sites is 2. The first-order valence-electron chi connectivity index (χ1n) is 7.51. The Balaban J connectivity index is 2.00. The maximum atomic E-state index is 5.75. The van der Waals surface area contributed by atoms with Crippen LogP contribution in [0, 0.1) is 0 Å². The molecule has 0 fully saturated rings. The quantitative estimate of drug-likeness (QED) is 0.775. The van der Waals surface area contributed by atoms with Crippen molar-refractivity contribution in [3.63, 3.8) is 0 Å². The molecule has 0 unspecified atom stereocenters. The van der Waals surface area contributed by atoms with E-state index in [1.807, 2.05) is 43.3 Å². The Bertz CT molecular complexity index is 554. The summed E-state index contributed by atoms with van der Waals surface area (Å²) in [6.45, 7) is 6.26. The molecule has 0 radical (unpaired) electrons. The van der Waals surface area contributed by atoms with Crippen LogP contribution >= 0.6 is 0 Å². The lowest BCUT2D eigenvalue weighted by Gasteiger charge is -2.13. The van der Waals surface area contributed by atoms with Gasteiger partial charge in [0.25, 0.3) is 0 Å². The van der Waals surface area contributed by atoms with E-state index in [1.54, 1.807) is 0 Å². The zero-order valence-electron chi connectivity index (χ0n) is 12.8. The second-order valence-electron chi connectivity index (χ2n) is 4.78. The van der Waals surface area contributed by atoms with Gasteiger partial charge in [-0.05, 0) is 43.2 Å². The first-order valence-corrected chi connectivity index (χ1v) is 7.51. The molecule has 0 saturated carbocycles. The maximum absolute atomic E-state index is 5.75. The Morgan fingerprint density at radius 3 is 2.62 bits per heavy atom. The van der Waals surface area contributed by atoms with Gasteiger partial charge in [-0.2, -0.15) is 0 Å². The van der Waals surface area contributed by atoms with Gasteiger partial charge in [0.1, 0.15) is 11.5 Å². The van der Waals surface area contributed by atoms with E-state index in [0.29, 0.717) is 6.61 Å². The van der Waals surface area contributed by atoms with Crippen LogP contribution in [-0.2, 0) is 6.54 Å². The molecule has 2 aromatic rings. The van der Waals surface area contributed by atoms with Crippen molar-refractivity contribution in [1.82, 2.24) is 0 Å². The van der Waals surface area contributed by atoms with Crippen molar-refractivity contribution in [1.29, 1.82) is 0 Å². The van der Waals surface area contributed by atoms with E-state index in [2.05, 4.69) is 24.4 Å². The van der Waals surface area contributed by atoms with Crippen LogP contribution in [0.25, 0.3) is 0 Å². The molecule has 0 aromatic heterocycles. The van der Waals surface area contributed by atoms with E-state index in [9.17, 15) is 0 Å². The number of hydrogen-bond donors (Lipinski definition) is 1. The second kappa shape index (κ2) is 8.20. The molecule has 0 aliphatic rings. The molecule has 0 aliphatic heterocycles. The Morgan fingerprint density at radius 1 is 0.952 bits per heavy atom. The van der Waals surface area contributed by atoms with E-state index in [1.165, 1.54) is 5.56 Å². The average molecular weight is 285 g/mol. The fourth-order valence-electron chi connectivity index (χ4n) is 2.06. The first kappa shape index (κ1) is 15.2. The lowest BCUT2D eigenvalue weighted by Crippen LogP contribution is -2.03. The van der Waals surface area contributed by atoms with Gasteiger partial charge in [0.05, 0.1) is 18.9 Å². The molecule has 0 spiro atoms. The van der Waals surface area contributed by atoms with Gasteiger partial charge >= 0.3 is 0 Å². The van der Waals surface area contributed by atoms with Crippen molar-refractivity contribution >= 4 is 5.69 Å². The number of anilines is 1. The predicted molar refractivity (Wildman–Crippen MR) is 87.2 cm³/mol. The van der Waals surface area contributed by atoms with Crippen LogP contribution in [0.1, 0.15) is 25.8 Å². The number of ether oxygens (including phenoxy) is 2. The van der Waals surface area contributed by atoms with Gasteiger partial charge in [0.2, 0.25) is 0 Å². The minimum atomic E-state index is 0.685. The largest absolute Gasteiger partial charge is 0.494 e. The van der Waals surface area contributed by atoms with Crippen LogP contribution in [0.5, 0.6) is 11.5 Å². The smallest absolute Gasteiger partial charge is 0.142 e. The average Bonchev–Trinajstić information content (AvgIpc) is 2.52. The normalized spacial score (nSPS) is 10.2. The third-order valence-electron chi connectivity index (χ3n) is 3.04. The summed E-state index contributed by atoms with van der Waals surface area (Å²) in [5.74, 6) is 1.81. The van der Waals surface area contributed by atoms with Gasteiger partial charge in [-0.1, -0.05) is 31.2 Å². The summed E-state index contributed by atoms with van der Waals surface area (Å²) in [7, 11) is 0. The monoisotopic (exact) mass is 285 g/mol. The molecule has 0 aliphatic carbocycles. The fourth-order valence-corrected chi connectivity index (χ4v) is 2.06. The fraction of sp³-hybridized carbons (Fsp3) is 0.333. The third-order valence-corrected chi connectivity index (χ3v) is 3.04. The number of rotatable bonds is 8. The van der Waals surface area contributed by atoms with Crippen LogP contribution in [0.2, 0.25) is 0 Å². The maximum Gasteiger partial charge on any atom is 0.142 e. The topological polar surface area (TPSA) is 30.5 Å². The zero-order chi connectivity index (χ0) is 14.9. The van der Waals surface area contributed by atoms with E-state index >= 15 is 0 Å². The van der Waals surface area contributed by atoms with Crippen LogP contribution in [0.4, 0.5) is 5.69 Å². The van der Waals surface area contributed by atoms with Crippen LogP contribution < -0.4 is 14.8 Å². The summed E-state index contributed by atoms with van der Waals surface area (Å²) < 4.78 is 11.3. The molecular formula is C18H23NO2. The molecule has 0 heterocycles. The van der Waals surface area contributed by atoms with Crippen LogP contribution in [0.15, 0.2) is 48.5 Å². The molecule has 3 nitrogen and oxygen atoms in total. The Hall–Kier alpha value is -2.16. The highest BCUT2D eigenvalue weighted by Gasteiger charge is 2.03. The van der Waals surface area contributed by atoms with Crippen LogP contribution in [-0.4, -0.2) is 13.2 Å². The molecule has 112 valence electrons. The minimum absolute atomic E-state index is 0.685. The van der Waals surface area contributed by atoms with Gasteiger partial charge in [-0.15, -0.1) is 0 Å². The Labute approximate surface area is 126 Å². The number of benzene rings is 2. The standard InChI is InChI=1S/C18H23NO2/c1-3-12-21-18-11-6-5-10-17(18)19-14-15-8-7-9-16(13-15)20-4-2/h5-11,13,19H,3-4,12,14H2,1-2H3. The van der Waals surface area contributed by atoms with Gasteiger partial charge < -0.3 is 14.8 Å². The van der Waals surface area contributed by atoms with Gasteiger partial charge in [-0.25, -0.2) is 0 Å². The van der Waals surface area contributed by atoms with Crippen molar-refractivity contribution in [3.8, 4) is 11.5 Å². The highest BCUT2D eigenvalue weighted by atomic mass is 16.5. The summed E-state index contributed by atoms with van der Waals surface area (Å²) in [5, 5.41) is 3.43. The Kier molecular flexibility index (Phi) is 5.95. The zero-order valence-corrected chi connectivity index (χ0v) is 12.8. The molecule has 0 atom stereocenters. The molecule has 3 heteroatoms. The van der Waals surface area contributed by atoms with Crippen molar-refractivity contribution in [2.45, 2.75) is 26.8 Å². The lowest BCUT2D eigenvalue weighted by atomic mass is 10.2. The predicted octanol–water partition coefficient (Wildman–Crippen LogP) is 4.49. The highest BCUT2D eigenvalue weighted by molar-refractivity contribution is 5.56. The molecule has 2 rings (SSSR count). The van der Waals surface area contributed by atoms with Gasteiger partial charge in [0, 0.05) is 6.54 Å². The van der Waals surface area contributed by atoms with Gasteiger partial charge in [0.15, 0.2) is 0 Å². The minimum Gasteiger partial charge on any atom is -0.494 e. The third kappa shape index (κ3) is 4.71. The summed E-state index contributed by atoms with van der Waals surface area (Å²) in [4.78, 5) is 0. The summed E-state index contributed by atoms with van der Waals surface area (Å²) in [6.07, 6.45) is 1.00. The molecule has 0 bridgehead atoms. The molecule has 0 saturated heterocycles. The summed E-state index contributed by atoms with van der Waals surface area (Å²) >= 11 is 0. The van der Waals surface area contributed by atoms with E-state index < -0.39 is 0 Å². The molecule has 21 heavy (non-hydrogen) atoms. The molecule has 1 N–H and O–H groups in total. The highest BCUT2D eigenvalue weighted by Crippen LogP contribution is 2.25. The number of hydrogen-bond acceptors (Lipinski definition) is 3. The Morgan fingerprint density at radius 2 is 1.81 bits per heavy atom. The lowest BCUT2D eigenvalue weighted by molar-refractivity contribution is 0.319. The molecular weight excluding hydrogens is 262 g/mol. The van der Waals surface area contributed by atoms with E-state index in [-0.39, 0.29) is 0 Å². The SMILES string of the molecule is CCCOc1ccccc1NCc1cccc(OCC)c1. The second-order valence-corrected chi connectivity index (χ2v) is 4.78. The van der Waals surface area contributed by atoms with Crippen LogP contribution in [0.3, 0.4) is 0 Å². The van der Waals surface area contributed by atoms with Crippen molar-refractivity contribution in [2.24, 2.45) is 0 Å². The van der Waals surface area contributed by atoms with Crippen molar-refractivity contribution in [2.75, 3.05) is 18.5 Å². The number of nitrogens with one attached hydrogen (secondary N) is 1. The molecule has 0 amide bonds. The molecule has 2 aromatic carbocycles. The van der Waals surface area contributed by atoms with E-state index in [4.69, 9.17) is 9.47 Å². The van der Waals surface area contributed by atoms with E-state index in [0.717, 1.165) is 36.8 Å². The first-order chi connectivity index (χ1) is 10.3.